The third kappa shape index (κ3) is 2.00. The number of fused-ring (bicyclic) bond motifs is 2. The summed E-state index contributed by atoms with van der Waals surface area (Å²) in [6.45, 7) is 4.95. The first-order valence-corrected chi connectivity index (χ1v) is 8.01. The molecule has 5 nitrogen and oxygen atoms in total. The average molecular weight is 298 g/mol. The third-order valence-electron chi connectivity index (χ3n) is 5.20. The summed E-state index contributed by atoms with van der Waals surface area (Å²) < 4.78 is -0.972. The van der Waals surface area contributed by atoms with Gasteiger partial charge in [0.25, 0.3) is 0 Å². The van der Waals surface area contributed by atoms with E-state index in [1.54, 1.807) is 20.8 Å². The SMILES string of the molecule is CC(C)(O)[C@@]1(C)SC(=N[C@@]2(O)C[C@@H]3CC[C@H]2C3)NC1=O. The van der Waals surface area contributed by atoms with E-state index in [1.165, 1.54) is 18.2 Å². The van der Waals surface area contributed by atoms with Crippen LogP contribution in [0.2, 0.25) is 0 Å². The number of amides is 1. The lowest BCUT2D eigenvalue weighted by molar-refractivity contribution is -0.126. The highest BCUT2D eigenvalue weighted by Gasteiger charge is 2.55. The van der Waals surface area contributed by atoms with Crippen LogP contribution < -0.4 is 5.32 Å². The second-order valence-electron chi connectivity index (χ2n) is 7.02. The van der Waals surface area contributed by atoms with Crippen molar-refractivity contribution >= 4 is 22.8 Å². The zero-order chi connectivity index (χ0) is 14.8. The van der Waals surface area contributed by atoms with Gasteiger partial charge in [-0.3, -0.25) is 4.79 Å². The summed E-state index contributed by atoms with van der Waals surface area (Å²) in [5.41, 5.74) is -2.18. The van der Waals surface area contributed by atoms with Crippen LogP contribution in [0.4, 0.5) is 0 Å². The number of hydrogen-bond acceptors (Lipinski definition) is 5. The summed E-state index contributed by atoms with van der Waals surface area (Å²) in [6.07, 6.45) is 3.92. The molecule has 2 aliphatic carbocycles. The van der Waals surface area contributed by atoms with E-state index in [0.717, 1.165) is 12.8 Å². The molecule has 3 aliphatic rings. The fraction of sp³-hybridized carbons (Fsp3) is 0.857. The number of nitrogens with one attached hydrogen (secondary N) is 1. The summed E-state index contributed by atoms with van der Waals surface area (Å²) in [7, 11) is 0. The number of aliphatic imine (C=N–C) groups is 1. The minimum Gasteiger partial charge on any atom is -0.388 e. The highest BCUT2D eigenvalue weighted by Crippen LogP contribution is 2.52. The molecule has 0 radical (unpaired) electrons. The van der Waals surface area contributed by atoms with Gasteiger partial charge in [0.15, 0.2) is 10.9 Å². The monoisotopic (exact) mass is 298 g/mol. The normalized spacial score (nSPS) is 46.2. The maximum absolute atomic E-state index is 12.1. The minimum atomic E-state index is -1.16. The lowest BCUT2D eigenvalue weighted by Gasteiger charge is -2.32. The molecule has 0 unspecified atom stereocenters. The predicted octanol–water partition coefficient (Wildman–Crippen LogP) is 1.24. The maximum Gasteiger partial charge on any atom is 0.245 e. The summed E-state index contributed by atoms with van der Waals surface area (Å²) in [5, 5.41) is 24.0. The van der Waals surface area contributed by atoms with Crippen molar-refractivity contribution < 1.29 is 15.0 Å². The molecule has 3 N–H and O–H groups in total. The molecule has 6 heteroatoms. The molecule has 0 aromatic rings. The van der Waals surface area contributed by atoms with E-state index in [9.17, 15) is 15.0 Å². The molecule has 0 aromatic carbocycles. The number of nitrogens with zero attached hydrogens (tertiary/aromatic N) is 1. The first kappa shape index (κ1) is 14.4. The average Bonchev–Trinajstić information content (AvgIpc) is 2.92. The van der Waals surface area contributed by atoms with E-state index in [0.29, 0.717) is 17.5 Å². The fourth-order valence-electron chi connectivity index (χ4n) is 3.52. The van der Waals surface area contributed by atoms with Gasteiger partial charge >= 0.3 is 0 Å². The Kier molecular flexibility index (Phi) is 3.02. The Morgan fingerprint density at radius 1 is 1.45 bits per heavy atom. The van der Waals surface area contributed by atoms with Gasteiger partial charge in [0.2, 0.25) is 5.91 Å². The molecule has 1 amide bonds. The molecule has 20 heavy (non-hydrogen) atoms. The fourth-order valence-corrected chi connectivity index (χ4v) is 4.65. The van der Waals surface area contributed by atoms with Crippen molar-refractivity contribution in [2.45, 2.75) is 62.5 Å². The van der Waals surface area contributed by atoms with Crippen molar-refractivity contribution in [1.29, 1.82) is 0 Å². The number of rotatable bonds is 2. The molecule has 2 bridgehead atoms. The molecular weight excluding hydrogens is 276 g/mol. The highest BCUT2D eigenvalue weighted by molar-refractivity contribution is 8.16. The van der Waals surface area contributed by atoms with Crippen molar-refractivity contribution in [2.24, 2.45) is 16.8 Å². The van der Waals surface area contributed by atoms with Gasteiger partial charge in [-0.25, -0.2) is 4.99 Å². The van der Waals surface area contributed by atoms with Crippen LogP contribution in [0.3, 0.4) is 0 Å². The zero-order valence-electron chi connectivity index (χ0n) is 12.1. The van der Waals surface area contributed by atoms with E-state index >= 15 is 0 Å². The first-order valence-electron chi connectivity index (χ1n) is 7.19. The van der Waals surface area contributed by atoms with Crippen LogP contribution in [-0.4, -0.2) is 37.4 Å². The van der Waals surface area contributed by atoms with Gasteiger partial charge in [0.05, 0.1) is 5.60 Å². The Bertz CT molecular complexity index is 487. The van der Waals surface area contributed by atoms with Gasteiger partial charge < -0.3 is 15.5 Å². The van der Waals surface area contributed by atoms with Crippen LogP contribution in [0, 0.1) is 11.8 Å². The Labute approximate surface area is 123 Å². The number of aliphatic hydroxyl groups is 2. The smallest absolute Gasteiger partial charge is 0.245 e. The molecule has 0 spiro atoms. The van der Waals surface area contributed by atoms with Crippen LogP contribution in [0.25, 0.3) is 0 Å². The molecule has 2 saturated carbocycles. The van der Waals surface area contributed by atoms with Gasteiger partial charge in [-0.2, -0.15) is 0 Å². The Morgan fingerprint density at radius 2 is 2.15 bits per heavy atom. The molecule has 4 atom stereocenters. The van der Waals surface area contributed by atoms with E-state index in [4.69, 9.17) is 0 Å². The maximum atomic E-state index is 12.1. The quantitative estimate of drug-likeness (QED) is 0.716. The van der Waals surface area contributed by atoms with Crippen LogP contribution in [-0.2, 0) is 4.79 Å². The molecule has 3 fully saturated rings. The second kappa shape index (κ2) is 4.21. The van der Waals surface area contributed by atoms with Gasteiger partial charge in [0.1, 0.15) is 4.75 Å². The zero-order valence-corrected chi connectivity index (χ0v) is 13.0. The summed E-state index contributed by atoms with van der Waals surface area (Å²) in [4.78, 5) is 16.6. The van der Waals surface area contributed by atoms with Crippen molar-refractivity contribution in [2.75, 3.05) is 0 Å². The third-order valence-corrected chi connectivity index (χ3v) is 6.68. The van der Waals surface area contributed by atoms with E-state index in [-0.39, 0.29) is 11.8 Å². The molecule has 1 aliphatic heterocycles. The topological polar surface area (TPSA) is 81.9 Å². The lowest BCUT2D eigenvalue weighted by atomic mass is 9.91. The largest absolute Gasteiger partial charge is 0.388 e. The number of hydrogen-bond donors (Lipinski definition) is 3. The van der Waals surface area contributed by atoms with Crippen LogP contribution in [0.1, 0.15) is 46.5 Å². The Balaban J connectivity index is 1.84. The second-order valence-corrected chi connectivity index (χ2v) is 8.43. The van der Waals surface area contributed by atoms with E-state index in [1.807, 2.05) is 0 Å². The van der Waals surface area contributed by atoms with E-state index < -0.39 is 16.1 Å². The molecule has 1 saturated heterocycles. The molecule has 1 heterocycles. The Hall–Kier alpha value is -0.590. The highest BCUT2D eigenvalue weighted by atomic mass is 32.2. The molecule has 112 valence electrons. The Morgan fingerprint density at radius 3 is 2.60 bits per heavy atom. The minimum absolute atomic E-state index is 0.214. The van der Waals surface area contributed by atoms with Gasteiger partial charge in [-0.1, -0.05) is 11.8 Å². The lowest BCUT2D eigenvalue weighted by Crippen LogP contribution is -2.50. The summed E-state index contributed by atoms with van der Waals surface area (Å²) in [5.74, 6) is 0.532. The van der Waals surface area contributed by atoms with Crippen LogP contribution >= 0.6 is 11.8 Å². The first-order chi connectivity index (χ1) is 9.14. The number of amidine groups is 1. The van der Waals surface area contributed by atoms with Gasteiger partial charge in [-0.15, -0.1) is 0 Å². The molecule has 3 rings (SSSR count). The van der Waals surface area contributed by atoms with E-state index in [2.05, 4.69) is 10.3 Å². The van der Waals surface area contributed by atoms with Crippen LogP contribution in [0.15, 0.2) is 4.99 Å². The number of thioether (sulfide) groups is 1. The summed E-state index contributed by atoms with van der Waals surface area (Å²) in [6, 6.07) is 0. The van der Waals surface area contributed by atoms with Crippen molar-refractivity contribution in [3.63, 3.8) is 0 Å². The summed E-state index contributed by atoms with van der Waals surface area (Å²) >= 11 is 1.22. The molecular formula is C14H22N2O3S. The van der Waals surface area contributed by atoms with Crippen LogP contribution in [0.5, 0.6) is 0 Å². The van der Waals surface area contributed by atoms with Gasteiger partial charge in [0, 0.05) is 5.92 Å². The van der Waals surface area contributed by atoms with Crippen molar-refractivity contribution in [3.8, 4) is 0 Å². The number of carbonyl (C=O) groups is 1. The van der Waals surface area contributed by atoms with Gasteiger partial charge in [-0.05, 0) is 52.4 Å². The van der Waals surface area contributed by atoms with Crippen molar-refractivity contribution in [3.05, 3.63) is 0 Å². The molecule has 0 aromatic heterocycles. The van der Waals surface area contributed by atoms with Crippen molar-refractivity contribution in [1.82, 2.24) is 5.32 Å². The predicted molar refractivity (Wildman–Crippen MR) is 78.3 cm³/mol. The standard InChI is InChI=1S/C14H22N2O3S/c1-12(2,18)13(3)10(17)15-11(20-13)16-14(19)7-8-4-5-9(14)6-8/h8-9,18-19H,4-7H2,1-3H3,(H,15,16,17)/t8-,9+,13+,14-/m1/s1. The number of carbonyl (C=O) groups excluding carboxylic acids is 1.